The number of nitrogens with one attached hydrogen (secondary N) is 1. The van der Waals surface area contributed by atoms with Crippen molar-refractivity contribution in [2.45, 2.75) is 0 Å². The monoisotopic (exact) mass is 508 g/mol. The van der Waals surface area contributed by atoms with Crippen molar-refractivity contribution in [1.82, 2.24) is 5.43 Å². The molecule has 6 nitrogen and oxygen atoms in total. The Morgan fingerprint density at radius 1 is 1.35 bits per heavy atom. The second-order valence-electron chi connectivity index (χ2n) is 4.14. The Bertz CT molecular complexity index is 731. The van der Waals surface area contributed by atoms with Gasteiger partial charge in [-0.2, -0.15) is 5.10 Å². The third kappa shape index (κ3) is 5.36. The van der Waals surface area contributed by atoms with Gasteiger partial charge in [-0.1, -0.05) is 15.9 Å². The van der Waals surface area contributed by atoms with Crippen LogP contribution >= 0.6 is 47.8 Å². The molecule has 0 saturated carbocycles. The molecular weight excluding hydrogens is 500 g/mol. The minimum Gasteiger partial charge on any atom is -0.493 e. The van der Waals surface area contributed by atoms with Gasteiger partial charge in [-0.25, -0.2) is 5.43 Å². The molecule has 2 aromatic rings. The molecule has 9 heteroatoms. The van der Waals surface area contributed by atoms with Gasteiger partial charge in [0, 0.05) is 4.47 Å². The van der Waals surface area contributed by atoms with E-state index < -0.39 is 5.91 Å². The summed E-state index contributed by atoms with van der Waals surface area (Å²) in [4.78, 5) is 11.7. The molecule has 0 spiro atoms. The summed E-state index contributed by atoms with van der Waals surface area (Å²) in [6.45, 7) is -0.213. The number of ether oxygens (including phenoxy) is 2. The van der Waals surface area contributed by atoms with Gasteiger partial charge < -0.3 is 13.9 Å². The summed E-state index contributed by atoms with van der Waals surface area (Å²) in [6, 6.07) is 6.97. The molecule has 0 bridgehead atoms. The van der Waals surface area contributed by atoms with E-state index in [1.807, 2.05) is 0 Å². The van der Waals surface area contributed by atoms with Crippen LogP contribution in [-0.2, 0) is 4.79 Å². The van der Waals surface area contributed by atoms with Gasteiger partial charge >= 0.3 is 0 Å². The fourth-order valence-electron chi connectivity index (χ4n) is 1.56. The smallest absolute Gasteiger partial charge is 0.277 e. The molecular formula is C14H11Br3N2O4. The van der Waals surface area contributed by atoms with Gasteiger partial charge in [0.15, 0.2) is 22.8 Å². The lowest BCUT2D eigenvalue weighted by Gasteiger charge is -2.12. The van der Waals surface area contributed by atoms with Crippen LogP contribution in [0.1, 0.15) is 5.76 Å². The Labute approximate surface area is 157 Å². The van der Waals surface area contributed by atoms with Gasteiger partial charge in [-0.15, -0.1) is 0 Å². The van der Waals surface area contributed by atoms with Crippen LogP contribution in [0.15, 0.2) is 47.4 Å². The molecule has 0 radical (unpaired) electrons. The summed E-state index contributed by atoms with van der Waals surface area (Å²) in [6.07, 6.45) is 1.39. The zero-order valence-electron chi connectivity index (χ0n) is 11.8. The van der Waals surface area contributed by atoms with Gasteiger partial charge in [-0.05, 0) is 56.1 Å². The SMILES string of the molecule is COc1cc(Br)cc(Br)c1OCC(=O)N/N=C\c1ccc(Br)o1. The largest absolute Gasteiger partial charge is 0.493 e. The van der Waals surface area contributed by atoms with Crippen LogP contribution in [0.2, 0.25) is 0 Å². The van der Waals surface area contributed by atoms with E-state index in [1.54, 1.807) is 24.3 Å². The molecule has 1 N–H and O–H groups in total. The third-order valence-electron chi connectivity index (χ3n) is 2.52. The fourth-order valence-corrected chi connectivity index (χ4v) is 3.18. The highest BCUT2D eigenvalue weighted by Crippen LogP contribution is 2.38. The van der Waals surface area contributed by atoms with Crippen LogP contribution in [0, 0.1) is 0 Å². The van der Waals surface area contributed by atoms with E-state index in [0.29, 0.717) is 26.4 Å². The Morgan fingerprint density at radius 2 is 2.13 bits per heavy atom. The van der Waals surface area contributed by atoms with E-state index in [9.17, 15) is 4.79 Å². The van der Waals surface area contributed by atoms with Crippen LogP contribution in [0.4, 0.5) is 0 Å². The lowest BCUT2D eigenvalue weighted by Crippen LogP contribution is -2.24. The number of hydrogen-bond acceptors (Lipinski definition) is 5. The highest BCUT2D eigenvalue weighted by Gasteiger charge is 2.12. The maximum atomic E-state index is 11.7. The van der Waals surface area contributed by atoms with E-state index in [1.165, 1.54) is 13.3 Å². The molecule has 0 aliphatic carbocycles. The van der Waals surface area contributed by atoms with Crippen molar-refractivity contribution in [3.05, 3.63) is 43.6 Å². The molecule has 122 valence electrons. The summed E-state index contributed by atoms with van der Waals surface area (Å²) < 4.78 is 18.0. The van der Waals surface area contributed by atoms with Crippen LogP contribution in [0.3, 0.4) is 0 Å². The molecule has 1 aromatic carbocycles. The number of methoxy groups -OCH3 is 1. The molecule has 1 amide bonds. The molecule has 0 aliphatic heterocycles. The highest BCUT2D eigenvalue weighted by molar-refractivity contribution is 9.11. The first-order valence-electron chi connectivity index (χ1n) is 6.22. The Balaban J connectivity index is 1.91. The highest BCUT2D eigenvalue weighted by atomic mass is 79.9. The van der Waals surface area contributed by atoms with Crippen molar-refractivity contribution in [3.8, 4) is 11.5 Å². The molecule has 2 rings (SSSR count). The van der Waals surface area contributed by atoms with Crippen LogP contribution in [0.25, 0.3) is 0 Å². The zero-order valence-corrected chi connectivity index (χ0v) is 16.6. The average molecular weight is 511 g/mol. The molecule has 0 unspecified atom stereocenters. The van der Waals surface area contributed by atoms with Crippen molar-refractivity contribution >= 4 is 59.9 Å². The van der Waals surface area contributed by atoms with Crippen LogP contribution < -0.4 is 14.9 Å². The first-order chi connectivity index (χ1) is 11.0. The third-order valence-corrected chi connectivity index (χ3v) is 3.99. The van der Waals surface area contributed by atoms with E-state index in [2.05, 4.69) is 58.3 Å². The van der Waals surface area contributed by atoms with E-state index in [4.69, 9.17) is 13.9 Å². The lowest BCUT2D eigenvalue weighted by molar-refractivity contribution is -0.123. The number of carbonyl (C=O) groups excluding carboxylic acids is 1. The van der Waals surface area contributed by atoms with Crippen molar-refractivity contribution in [2.24, 2.45) is 5.10 Å². The topological polar surface area (TPSA) is 73.1 Å². The first-order valence-corrected chi connectivity index (χ1v) is 8.60. The second-order valence-corrected chi connectivity index (χ2v) is 6.69. The molecule has 0 atom stereocenters. The number of halogens is 3. The summed E-state index contributed by atoms with van der Waals surface area (Å²) in [5, 5.41) is 3.78. The Kier molecular flexibility index (Phi) is 6.67. The maximum absolute atomic E-state index is 11.7. The quantitative estimate of drug-likeness (QED) is 0.469. The minimum absolute atomic E-state index is 0.213. The van der Waals surface area contributed by atoms with Crippen molar-refractivity contribution in [1.29, 1.82) is 0 Å². The molecule has 1 heterocycles. The average Bonchev–Trinajstić information content (AvgIpc) is 2.91. The molecule has 1 aromatic heterocycles. The predicted molar refractivity (Wildman–Crippen MR) is 96.0 cm³/mol. The summed E-state index contributed by atoms with van der Waals surface area (Å²) >= 11 is 9.88. The van der Waals surface area contributed by atoms with Crippen LogP contribution in [0.5, 0.6) is 11.5 Å². The van der Waals surface area contributed by atoms with E-state index in [-0.39, 0.29) is 6.61 Å². The number of carbonyl (C=O) groups is 1. The van der Waals surface area contributed by atoms with Gasteiger partial charge in [-0.3, -0.25) is 4.79 Å². The van der Waals surface area contributed by atoms with E-state index >= 15 is 0 Å². The molecule has 0 aliphatic rings. The van der Waals surface area contributed by atoms with E-state index in [0.717, 1.165) is 4.47 Å². The zero-order chi connectivity index (χ0) is 16.8. The number of amides is 1. The fraction of sp³-hybridized carbons (Fsp3) is 0.143. The standard InChI is InChI=1S/C14H11Br3N2O4/c1-21-11-5-8(15)4-10(16)14(11)22-7-13(20)19-18-6-9-2-3-12(17)23-9/h2-6H,7H2,1H3,(H,19,20)/b18-6-. The van der Waals surface area contributed by atoms with Crippen molar-refractivity contribution < 1.29 is 18.7 Å². The summed E-state index contributed by atoms with van der Waals surface area (Å²) in [7, 11) is 1.52. The first kappa shape index (κ1) is 18.0. The number of furan rings is 1. The van der Waals surface area contributed by atoms with Crippen LogP contribution in [-0.4, -0.2) is 25.8 Å². The number of rotatable bonds is 6. The number of hydrogen-bond donors (Lipinski definition) is 1. The molecule has 0 saturated heterocycles. The molecule has 23 heavy (non-hydrogen) atoms. The summed E-state index contributed by atoms with van der Waals surface area (Å²) in [5.74, 6) is 1.03. The predicted octanol–water partition coefficient (Wildman–Crippen LogP) is 4.10. The minimum atomic E-state index is -0.413. The number of nitrogens with zero attached hydrogens (tertiary/aromatic N) is 1. The normalized spacial score (nSPS) is 10.8. The molecule has 0 fully saturated rings. The van der Waals surface area contributed by atoms with Gasteiger partial charge in [0.2, 0.25) is 0 Å². The number of hydrazone groups is 1. The van der Waals surface area contributed by atoms with Crippen molar-refractivity contribution in [3.63, 3.8) is 0 Å². The van der Waals surface area contributed by atoms with Gasteiger partial charge in [0.1, 0.15) is 5.76 Å². The van der Waals surface area contributed by atoms with Gasteiger partial charge in [0.25, 0.3) is 5.91 Å². The lowest BCUT2D eigenvalue weighted by atomic mass is 10.3. The number of benzene rings is 1. The second kappa shape index (κ2) is 8.51. The Hall–Kier alpha value is -1.32. The Morgan fingerprint density at radius 3 is 2.78 bits per heavy atom. The van der Waals surface area contributed by atoms with Gasteiger partial charge in [0.05, 0.1) is 17.8 Å². The maximum Gasteiger partial charge on any atom is 0.277 e. The van der Waals surface area contributed by atoms with Crippen molar-refractivity contribution in [2.75, 3.05) is 13.7 Å². The summed E-state index contributed by atoms with van der Waals surface area (Å²) in [5.41, 5.74) is 2.34.